The van der Waals surface area contributed by atoms with E-state index in [0.29, 0.717) is 11.1 Å². The van der Waals surface area contributed by atoms with E-state index in [1.165, 1.54) is 4.90 Å². The number of hydrogen-bond acceptors (Lipinski definition) is 3. The molecule has 4 aromatic carbocycles. The number of carbonyl (C=O) groups is 2. The first-order chi connectivity index (χ1) is 21.2. The fourth-order valence-corrected chi connectivity index (χ4v) is 10.1. The van der Waals surface area contributed by atoms with Gasteiger partial charge in [0.15, 0.2) is 8.32 Å². The monoisotopic (exact) mass is 595 g/mol. The van der Waals surface area contributed by atoms with Crippen LogP contribution >= 0.6 is 0 Å². The number of hydrogen-bond donors (Lipinski definition) is 0. The van der Waals surface area contributed by atoms with E-state index in [-0.39, 0.29) is 30.4 Å². The van der Waals surface area contributed by atoms with Crippen molar-refractivity contribution in [2.75, 3.05) is 0 Å². The van der Waals surface area contributed by atoms with Gasteiger partial charge in [0.2, 0.25) is 0 Å². The third kappa shape index (κ3) is 3.18. The molecule has 0 unspecified atom stereocenters. The van der Waals surface area contributed by atoms with Gasteiger partial charge in [-0.15, -0.1) is 6.58 Å². The van der Waals surface area contributed by atoms with Crippen LogP contribution < -0.4 is 0 Å². The van der Waals surface area contributed by atoms with E-state index in [1.807, 2.05) is 48.5 Å². The lowest BCUT2D eigenvalue weighted by molar-refractivity contribution is 0.0643. The van der Waals surface area contributed by atoms with Gasteiger partial charge >= 0.3 is 0 Å². The van der Waals surface area contributed by atoms with E-state index in [0.717, 1.165) is 62.0 Å². The van der Waals surface area contributed by atoms with Crippen LogP contribution in [0.25, 0.3) is 43.6 Å². The number of rotatable bonds is 5. The van der Waals surface area contributed by atoms with Crippen molar-refractivity contribution in [1.82, 2.24) is 14.0 Å². The maximum Gasteiger partial charge on any atom is 0.262 e. The molecule has 1 saturated carbocycles. The van der Waals surface area contributed by atoms with Gasteiger partial charge in [0.1, 0.15) is 0 Å². The van der Waals surface area contributed by atoms with Crippen LogP contribution in [0.1, 0.15) is 51.2 Å². The Bertz CT molecular complexity index is 2260. The summed E-state index contributed by atoms with van der Waals surface area (Å²) in [5, 5.41) is 3.78. The fraction of sp³-hybridized carbons (Fsp3) is 0.243. The molecule has 6 nitrogen and oxygen atoms in total. The van der Waals surface area contributed by atoms with Crippen LogP contribution in [0.3, 0.4) is 0 Å². The second-order valence-electron chi connectivity index (χ2n) is 13.6. The van der Waals surface area contributed by atoms with Crippen LogP contribution in [0.5, 0.6) is 0 Å². The Hall–Kier alpha value is -4.46. The lowest BCUT2D eigenvalue weighted by Gasteiger charge is -2.40. The minimum atomic E-state index is -2.00. The average molecular weight is 596 g/mol. The molecule has 0 saturated heterocycles. The van der Waals surface area contributed by atoms with Gasteiger partial charge in [-0.3, -0.25) is 14.5 Å². The molecule has 2 amide bonds. The molecule has 0 spiro atoms. The molecule has 3 atom stereocenters. The van der Waals surface area contributed by atoms with Crippen molar-refractivity contribution in [2.45, 2.75) is 56.7 Å². The molecule has 4 heterocycles. The smallest absolute Gasteiger partial charge is 0.262 e. The lowest BCUT2D eigenvalue weighted by atomic mass is 9.95. The summed E-state index contributed by atoms with van der Waals surface area (Å²) in [7, 11) is -2.00. The van der Waals surface area contributed by atoms with Gasteiger partial charge in [0.25, 0.3) is 11.8 Å². The second-order valence-corrected chi connectivity index (χ2v) is 18.1. The Morgan fingerprint density at radius 1 is 0.818 bits per heavy atom. The highest BCUT2D eigenvalue weighted by molar-refractivity contribution is 6.69. The maximum atomic E-state index is 14.6. The standard InChI is InChI=1S/C37H33N3O3Si/c1-5-37(43-44(2,3)4)20-23-19-28(37)40-27-18-12-10-16-25(27)30-32-31(35(41)38(36(32)42)21-22-13-7-6-8-14-22)29-24-15-9-11-17-26(24)39(23)33(29)34(30)40/h5-18,23,28H,1,19-21H2,2-4H3/t23-,28+,37-/m1/s1. The van der Waals surface area contributed by atoms with E-state index < -0.39 is 13.9 Å². The van der Waals surface area contributed by atoms with Crippen LogP contribution in [0.4, 0.5) is 0 Å². The highest BCUT2D eigenvalue weighted by Crippen LogP contribution is 2.58. The molecule has 44 heavy (non-hydrogen) atoms. The van der Waals surface area contributed by atoms with Crippen molar-refractivity contribution >= 4 is 63.7 Å². The van der Waals surface area contributed by atoms with Crippen molar-refractivity contribution < 1.29 is 14.0 Å². The van der Waals surface area contributed by atoms with Gasteiger partial charge < -0.3 is 13.6 Å². The number of para-hydroxylation sites is 2. The molecule has 1 aliphatic carbocycles. The highest BCUT2D eigenvalue weighted by atomic mass is 28.4. The first-order valence-corrected chi connectivity index (χ1v) is 18.9. The Morgan fingerprint density at radius 2 is 1.36 bits per heavy atom. The van der Waals surface area contributed by atoms with Gasteiger partial charge in [-0.05, 0) is 43.8 Å². The topological polar surface area (TPSA) is 56.5 Å². The summed E-state index contributed by atoms with van der Waals surface area (Å²) >= 11 is 0. The minimum absolute atomic E-state index is 0.00772. The molecule has 7 heteroatoms. The number of carbonyl (C=O) groups excluding carboxylic acids is 2. The minimum Gasteiger partial charge on any atom is -0.407 e. The number of aromatic nitrogens is 2. The predicted octanol–water partition coefficient (Wildman–Crippen LogP) is 8.36. The lowest BCUT2D eigenvalue weighted by Crippen LogP contribution is -2.45. The Labute approximate surface area is 256 Å². The van der Waals surface area contributed by atoms with Gasteiger partial charge in [-0.2, -0.15) is 0 Å². The summed E-state index contributed by atoms with van der Waals surface area (Å²) in [6.07, 6.45) is 3.73. The molecule has 0 radical (unpaired) electrons. The van der Waals surface area contributed by atoms with Crippen molar-refractivity contribution in [1.29, 1.82) is 0 Å². The fourth-order valence-electron chi connectivity index (χ4n) is 8.66. The molecule has 218 valence electrons. The number of imide groups is 1. The molecule has 0 N–H and O–H groups in total. The van der Waals surface area contributed by atoms with E-state index >= 15 is 0 Å². The van der Waals surface area contributed by atoms with E-state index in [1.54, 1.807) is 0 Å². The average Bonchev–Trinajstić information content (AvgIpc) is 3.68. The van der Waals surface area contributed by atoms with Crippen LogP contribution in [0.15, 0.2) is 91.5 Å². The van der Waals surface area contributed by atoms with E-state index in [4.69, 9.17) is 4.43 Å². The van der Waals surface area contributed by atoms with Gasteiger partial charge in [-0.1, -0.05) is 72.8 Å². The molecule has 9 rings (SSSR count). The molecule has 2 bridgehead atoms. The van der Waals surface area contributed by atoms with E-state index in [2.05, 4.69) is 71.8 Å². The molecule has 2 aromatic heterocycles. The largest absolute Gasteiger partial charge is 0.407 e. The van der Waals surface area contributed by atoms with Crippen molar-refractivity contribution in [3.8, 4) is 0 Å². The second kappa shape index (κ2) is 8.58. The van der Waals surface area contributed by atoms with Crippen molar-refractivity contribution in [3.05, 3.63) is 108 Å². The SMILES string of the molecule is C=C[C@@]1(O[Si](C)(C)C)C[C@H]2C[C@@H]1n1c3ccccc3c3c4c(c5c6ccccc6n2c5c31)C(=O)N(Cc1ccccc1)C4=O. The Kier molecular flexibility index (Phi) is 5.07. The molecule has 6 aromatic rings. The summed E-state index contributed by atoms with van der Waals surface area (Å²) in [5.74, 6) is -0.439. The summed E-state index contributed by atoms with van der Waals surface area (Å²) in [6, 6.07) is 26.7. The van der Waals surface area contributed by atoms with Gasteiger partial charge in [-0.25, -0.2) is 0 Å². The summed E-state index contributed by atoms with van der Waals surface area (Å²) in [5.41, 5.74) is 5.67. The highest BCUT2D eigenvalue weighted by Gasteiger charge is 2.54. The van der Waals surface area contributed by atoms with Gasteiger partial charge in [0.05, 0.1) is 40.3 Å². The molecule has 2 aliphatic heterocycles. The van der Waals surface area contributed by atoms with Crippen LogP contribution in [-0.4, -0.2) is 39.8 Å². The molecular formula is C37H33N3O3Si. The number of benzene rings is 4. The van der Waals surface area contributed by atoms with Crippen LogP contribution in [-0.2, 0) is 11.0 Å². The third-order valence-electron chi connectivity index (χ3n) is 10.0. The van der Waals surface area contributed by atoms with E-state index in [9.17, 15) is 9.59 Å². The van der Waals surface area contributed by atoms with Crippen LogP contribution in [0.2, 0.25) is 19.6 Å². The normalized spacial score (nSPS) is 22.7. The summed E-state index contributed by atoms with van der Waals surface area (Å²) in [4.78, 5) is 30.5. The third-order valence-corrected chi connectivity index (χ3v) is 11.0. The number of nitrogens with zero attached hydrogens (tertiary/aromatic N) is 3. The first kappa shape index (κ1) is 26.0. The maximum absolute atomic E-state index is 14.6. The first-order valence-electron chi connectivity index (χ1n) is 15.5. The van der Waals surface area contributed by atoms with Crippen molar-refractivity contribution in [3.63, 3.8) is 0 Å². The summed E-state index contributed by atoms with van der Waals surface area (Å²) in [6.45, 7) is 11.3. The zero-order valence-corrected chi connectivity index (χ0v) is 26.1. The zero-order valence-electron chi connectivity index (χ0n) is 25.1. The zero-order chi connectivity index (χ0) is 30.1. The Balaban J connectivity index is 1.46. The summed E-state index contributed by atoms with van der Waals surface area (Å²) < 4.78 is 12.1. The Morgan fingerprint density at radius 3 is 1.95 bits per heavy atom. The van der Waals surface area contributed by atoms with Crippen molar-refractivity contribution in [2.24, 2.45) is 0 Å². The molecule has 1 fully saturated rings. The number of fused-ring (bicyclic) bond motifs is 13. The predicted molar refractivity (Wildman–Crippen MR) is 178 cm³/mol. The van der Waals surface area contributed by atoms with Gasteiger partial charge in [0, 0.05) is 45.0 Å². The number of amides is 2. The van der Waals surface area contributed by atoms with Crippen LogP contribution in [0, 0.1) is 0 Å². The quantitative estimate of drug-likeness (QED) is 0.114. The molecule has 3 aliphatic rings. The molecular weight excluding hydrogens is 563 g/mol.